The predicted molar refractivity (Wildman–Crippen MR) is 190 cm³/mol. The first-order chi connectivity index (χ1) is 22.4. The SMILES string of the molecule is COc1cc2c(cc1OC)[C@@H](C[C@H]1C[C@H]3c4cc(OC)c(OC)cc4CCN3C[C@@H]1C1(C)SCCS1)N(Cc1ccccc1)CC2. The van der Waals surface area contributed by atoms with E-state index in [0.717, 1.165) is 74.9 Å². The summed E-state index contributed by atoms with van der Waals surface area (Å²) in [5, 5.41) is 0. The number of thioether (sulfide) groups is 2. The summed E-state index contributed by atoms with van der Waals surface area (Å²) in [6.45, 7) is 6.78. The van der Waals surface area contributed by atoms with E-state index in [4.69, 9.17) is 18.9 Å². The maximum Gasteiger partial charge on any atom is 0.161 e. The highest BCUT2D eigenvalue weighted by Crippen LogP contribution is 2.57. The van der Waals surface area contributed by atoms with E-state index >= 15 is 0 Å². The number of ether oxygens (including phenoxy) is 4. The van der Waals surface area contributed by atoms with Crippen LogP contribution in [0.4, 0.5) is 0 Å². The molecule has 0 unspecified atom stereocenters. The summed E-state index contributed by atoms with van der Waals surface area (Å²) in [5.74, 6) is 7.00. The molecule has 4 atom stereocenters. The molecule has 0 N–H and O–H groups in total. The first kappa shape index (κ1) is 32.0. The normalized spacial score (nSPS) is 25.7. The molecule has 3 aromatic carbocycles. The summed E-state index contributed by atoms with van der Waals surface area (Å²) >= 11 is 4.41. The van der Waals surface area contributed by atoms with Crippen LogP contribution in [0, 0.1) is 11.8 Å². The summed E-state index contributed by atoms with van der Waals surface area (Å²) in [6.07, 6.45) is 4.36. The molecule has 7 rings (SSSR count). The standard InChI is InChI=1S/C38H48N2O4S2/c1-38(45-15-16-46-38)31-24-40-14-12-27-20-35(42-3)37(44-5)22-30(27)33(40)18-28(31)17-32-29-21-36(43-4)34(41-2)19-26(29)11-13-39(32)23-25-9-7-6-8-10-25/h6-10,19-22,28,31-33H,11-18,23-24H2,1-5H3/t28-,31-,32+,33-/m0/s1. The zero-order chi connectivity index (χ0) is 31.8. The molecule has 0 radical (unpaired) electrons. The zero-order valence-electron chi connectivity index (χ0n) is 27.9. The van der Waals surface area contributed by atoms with Gasteiger partial charge in [-0.05, 0) is 96.5 Å². The summed E-state index contributed by atoms with van der Waals surface area (Å²) < 4.78 is 23.4. The number of hydrogen-bond donors (Lipinski definition) is 0. The van der Waals surface area contributed by atoms with Gasteiger partial charge in [-0.25, -0.2) is 0 Å². The van der Waals surface area contributed by atoms with Gasteiger partial charge >= 0.3 is 0 Å². The topological polar surface area (TPSA) is 43.4 Å². The number of nitrogens with zero attached hydrogens (tertiary/aromatic N) is 2. The Balaban J connectivity index is 1.28. The Morgan fingerprint density at radius 3 is 2.00 bits per heavy atom. The van der Waals surface area contributed by atoms with E-state index in [1.807, 2.05) is 0 Å². The predicted octanol–water partition coefficient (Wildman–Crippen LogP) is 7.64. The molecule has 2 fully saturated rings. The third kappa shape index (κ3) is 5.99. The Labute approximate surface area is 283 Å². The van der Waals surface area contributed by atoms with Crippen molar-refractivity contribution in [1.82, 2.24) is 9.80 Å². The molecule has 46 heavy (non-hydrogen) atoms. The lowest BCUT2D eigenvalue weighted by atomic mass is 9.71. The monoisotopic (exact) mass is 660 g/mol. The molecular formula is C38H48N2O4S2. The fourth-order valence-electron chi connectivity index (χ4n) is 8.68. The molecule has 8 heteroatoms. The highest BCUT2D eigenvalue weighted by molar-refractivity contribution is 8.21. The summed E-state index contributed by atoms with van der Waals surface area (Å²) in [4.78, 5) is 5.54. The van der Waals surface area contributed by atoms with Crippen LogP contribution in [0.25, 0.3) is 0 Å². The van der Waals surface area contributed by atoms with Gasteiger partial charge in [0.1, 0.15) is 0 Å². The molecule has 4 aliphatic heterocycles. The fourth-order valence-corrected chi connectivity index (χ4v) is 11.9. The minimum Gasteiger partial charge on any atom is -0.493 e. The molecule has 4 aliphatic rings. The lowest BCUT2D eigenvalue weighted by Crippen LogP contribution is -2.51. The van der Waals surface area contributed by atoms with Crippen LogP contribution in [-0.4, -0.2) is 73.5 Å². The van der Waals surface area contributed by atoms with Gasteiger partial charge in [-0.1, -0.05) is 30.3 Å². The van der Waals surface area contributed by atoms with Crippen LogP contribution in [-0.2, 0) is 19.4 Å². The number of fused-ring (bicyclic) bond motifs is 4. The van der Waals surface area contributed by atoms with E-state index in [9.17, 15) is 0 Å². The van der Waals surface area contributed by atoms with E-state index in [1.54, 1.807) is 28.4 Å². The van der Waals surface area contributed by atoms with Gasteiger partial charge in [-0.3, -0.25) is 9.80 Å². The smallest absolute Gasteiger partial charge is 0.161 e. The highest BCUT2D eigenvalue weighted by atomic mass is 32.2. The van der Waals surface area contributed by atoms with Crippen molar-refractivity contribution >= 4 is 23.5 Å². The van der Waals surface area contributed by atoms with Crippen LogP contribution in [0.2, 0.25) is 0 Å². The van der Waals surface area contributed by atoms with Crippen molar-refractivity contribution in [3.63, 3.8) is 0 Å². The second-order valence-electron chi connectivity index (χ2n) is 13.3. The molecule has 3 aromatic rings. The van der Waals surface area contributed by atoms with Gasteiger partial charge in [0.05, 0.1) is 32.5 Å². The van der Waals surface area contributed by atoms with E-state index in [-0.39, 0.29) is 4.08 Å². The molecule has 0 saturated carbocycles. The molecular weight excluding hydrogens is 613 g/mol. The minimum atomic E-state index is 0.229. The van der Waals surface area contributed by atoms with Gasteiger partial charge in [-0.2, -0.15) is 0 Å². The summed E-state index contributed by atoms with van der Waals surface area (Å²) in [6, 6.07) is 20.7. The van der Waals surface area contributed by atoms with Gasteiger partial charge < -0.3 is 18.9 Å². The quantitative estimate of drug-likeness (QED) is 0.232. The average molecular weight is 661 g/mol. The Bertz CT molecular complexity index is 1530. The zero-order valence-corrected chi connectivity index (χ0v) is 29.6. The second kappa shape index (κ2) is 13.5. The van der Waals surface area contributed by atoms with E-state index in [2.05, 4.69) is 94.8 Å². The largest absolute Gasteiger partial charge is 0.493 e. The lowest BCUT2D eigenvalue weighted by molar-refractivity contribution is 0.0283. The minimum absolute atomic E-state index is 0.229. The Hall–Kier alpha value is -2.52. The van der Waals surface area contributed by atoms with Crippen LogP contribution in [0.3, 0.4) is 0 Å². The number of benzene rings is 3. The van der Waals surface area contributed by atoms with Crippen molar-refractivity contribution in [2.75, 3.05) is 59.6 Å². The van der Waals surface area contributed by atoms with Crippen LogP contribution in [0.5, 0.6) is 23.0 Å². The first-order valence-corrected chi connectivity index (χ1v) is 18.7. The van der Waals surface area contributed by atoms with Crippen molar-refractivity contribution in [1.29, 1.82) is 0 Å². The van der Waals surface area contributed by atoms with Gasteiger partial charge in [0.25, 0.3) is 0 Å². The van der Waals surface area contributed by atoms with Crippen molar-refractivity contribution in [2.45, 2.75) is 55.3 Å². The van der Waals surface area contributed by atoms with Crippen molar-refractivity contribution in [3.8, 4) is 23.0 Å². The van der Waals surface area contributed by atoms with Gasteiger partial charge in [0.2, 0.25) is 0 Å². The van der Waals surface area contributed by atoms with Gasteiger partial charge in [-0.15, -0.1) is 23.5 Å². The second-order valence-corrected chi connectivity index (χ2v) is 16.7. The number of piperidine rings is 1. The molecule has 246 valence electrons. The maximum atomic E-state index is 5.88. The van der Waals surface area contributed by atoms with Crippen molar-refractivity contribution in [2.24, 2.45) is 11.8 Å². The maximum absolute atomic E-state index is 5.88. The summed E-state index contributed by atoms with van der Waals surface area (Å²) in [5.41, 5.74) is 7.03. The van der Waals surface area contributed by atoms with Gasteiger partial charge in [0.15, 0.2) is 23.0 Å². The van der Waals surface area contributed by atoms with E-state index < -0.39 is 0 Å². The fraction of sp³-hybridized carbons (Fsp3) is 0.526. The molecule has 0 amide bonds. The molecule has 0 bridgehead atoms. The average Bonchev–Trinajstić information content (AvgIpc) is 3.55. The van der Waals surface area contributed by atoms with Crippen LogP contribution in [0.15, 0.2) is 54.6 Å². The van der Waals surface area contributed by atoms with Crippen molar-refractivity contribution in [3.05, 3.63) is 82.4 Å². The van der Waals surface area contributed by atoms with Crippen LogP contribution in [0.1, 0.15) is 59.7 Å². The highest BCUT2D eigenvalue weighted by Gasteiger charge is 2.50. The molecule has 0 aromatic heterocycles. The Morgan fingerprint density at radius 2 is 1.35 bits per heavy atom. The third-order valence-electron chi connectivity index (χ3n) is 11.0. The molecule has 4 heterocycles. The molecule has 6 nitrogen and oxygen atoms in total. The third-order valence-corrected chi connectivity index (χ3v) is 14.6. The molecule has 0 spiro atoms. The molecule has 2 saturated heterocycles. The number of hydrogen-bond acceptors (Lipinski definition) is 8. The van der Waals surface area contributed by atoms with Crippen LogP contribution < -0.4 is 18.9 Å². The lowest BCUT2D eigenvalue weighted by Gasteiger charge is -2.52. The van der Waals surface area contributed by atoms with E-state index in [0.29, 0.717) is 23.9 Å². The first-order valence-electron chi connectivity index (χ1n) is 16.7. The summed E-state index contributed by atoms with van der Waals surface area (Å²) in [7, 11) is 7.00. The number of methoxy groups -OCH3 is 4. The number of rotatable bonds is 9. The van der Waals surface area contributed by atoms with Crippen molar-refractivity contribution < 1.29 is 18.9 Å². The van der Waals surface area contributed by atoms with E-state index in [1.165, 1.54) is 39.3 Å². The van der Waals surface area contributed by atoms with Gasteiger partial charge in [0, 0.05) is 49.8 Å². The molecule has 0 aliphatic carbocycles. The van der Waals surface area contributed by atoms with Crippen LogP contribution >= 0.6 is 23.5 Å². The Kier molecular flexibility index (Phi) is 9.43. The Morgan fingerprint density at radius 1 is 0.761 bits per heavy atom.